The third kappa shape index (κ3) is 3.15. The van der Waals surface area contributed by atoms with Crippen LogP contribution >= 0.6 is 0 Å². The van der Waals surface area contributed by atoms with Gasteiger partial charge in [-0.05, 0) is 6.42 Å². The maximum atomic E-state index is 11.0. The van der Waals surface area contributed by atoms with Crippen LogP contribution in [0.25, 0.3) is 0 Å². The molecular weight excluding hydrogens is 192 g/mol. The zero-order valence-electron chi connectivity index (χ0n) is 7.75. The Bertz CT molecular complexity index is 214. The summed E-state index contributed by atoms with van der Waals surface area (Å²) >= 11 is 0. The number of carbonyl (C=O) groups excluding carboxylic acids is 2. The van der Waals surface area contributed by atoms with Crippen LogP contribution in [0.5, 0.6) is 0 Å². The first-order chi connectivity index (χ1) is 6.45. The molecule has 6 heteroatoms. The molecule has 0 aliphatic rings. The van der Waals surface area contributed by atoms with Crippen molar-refractivity contribution in [2.24, 2.45) is 0 Å². The molecule has 0 aliphatic carbocycles. The number of rotatable bonds is 6. The fourth-order valence-corrected chi connectivity index (χ4v) is 0.791. The Hall–Kier alpha value is -0.820. The molecule has 0 radical (unpaired) electrons. The van der Waals surface area contributed by atoms with Crippen molar-refractivity contribution in [1.82, 2.24) is 0 Å². The van der Waals surface area contributed by atoms with Crippen molar-refractivity contribution in [2.45, 2.75) is 31.7 Å². The predicted octanol–water partition coefficient (Wildman–Crippen LogP) is -2.39. The fraction of sp³-hybridized carbons (Fsp3) is 0.750. The maximum absolute atomic E-state index is 11.0. The van der Waals surface area contributed by atoms with Gasteiger partial charge in [-0.1, -0.05) is 6.92 Å². The number of aliphatic hydroxyl groups is 4. The molecule has 0 saturated heterocycles. The predicted molar refractivity (Wildman–Crippen MR) is 45.4 cm³/mol. The van der Waals surface area contributed by atoms with E-state index in [-0.39, 0.29) is 6.42 Å². The van der Waals surface area contributed by atoms with E-state index in [1.807, 2.05) is 0 Å². The second-order valence-electron chi connectivity index (χ2n) is 2.85. The number of Topliss-reactive ketones (excluding diaryl/α,β-unsaturated/α-hetero) is 2. The molecule has 0 aromatic carbocycles. The van der Waals surface area contributed by atoms with Crippen molar-refractivity contribution in [2.75, 3.05) is 6.61 Å². The Morgan fingerprint density at radius 3 is 2.00 bits per heavy atom. The smallest absolute Gasteiger partial charge is 0.232 e. The molecule has 0 bridgehead atoms. The minimum atomic E-state index is -1.84. The Morgan fingerprint density at radius 2 is 1.64 bits per heavy atom. The number of ketones is 2. The molecule has 0 aliphatic heterocycles. The molecule has 0 amide bonds. The number of aliphatic hydroxyl groups excluding tert-OH is 4. The first-order valence-electron chi connectivity index (χ1n) is 4.18. The summed E-state index contributed by atoms with van der Waals surface area (Å²) in [7, 11) is 0. The molecule has 0 rings (SSSR count). The molecule has 0 aromatic rings. The van der Waals surface area contributed by atoms with Gasteiger partial charge in [-0.3, -0.25) is 9.59 Å². The van der Waals surface area contributed by atoms with E-state index in [9.17, 15) is 9.59 Å². The SMILES string of the molecule is CCC(O)[C@H](O)C(=O)C(=O)[C@H](O)CO. The lowest BCUT2D eigenvalue weighted by atomic mass is 10.0. The van der Waals surface area contributed by atoms with Crippen LogP contribution in [0, 0.1) is 0 Å². The molecule has 3 atom stereocenters. The van der Waals surface area contributed by atoms with Crippen LogP contribution in [0.4, 0.5) is 0 Å². The molecule has 4 N–H and O–H groups in total. The highest BCUT2D eigenvalue weighted by atomic mass is 16.3. The molecular formula is C8H14O6. The van der Waals surface area contributed by atoms with Crippen molar-refractivity contribution in [3.8, 4) is 0 Å². The van der Waals surface area contributed by atoms with Crippen LogP contribution in [-0.2, 0) is 9.59 Å². The zero-order chi connectivity index (χ0) is 11.3. The van der Waals surface area contributed by atoms with E-state index in [4.69, 9.17) is 20.4 Å². The first-order valence-corrected chi connectivity index (χ1v) is 4.18. The standard InChI is InChI=1S/C8H14O6/c1-2-4(10)6(12)8(14)7(13)5(11)3-9/h4-6,9-12H,2-3H2,1H3/t4?,5-,6+/m1/s1. The minimum absolute atomic E-state index is 0.107. The summed E-state index contributed by atoms with van der Waals surface area (Å²) in [5.41, 5.74) is 0. The van der Waals surface area contributed by atoms with Crippen LogP contribution in [0.1, 0.15) is 13.3 Å². The summed E-state index contributed by atoms with van der Waals surface area (Å²) < 4.78 is 0. The van der Waals surface area contributed by atoms with Crippen molar-refractivity contribution in [3.05, 3.63) is 0 Å². The molecule has 82 valence electrons. The molecule has 0 aromatic heterocycles. The lowest BCUT2D eigenvalue weighted by Gasteiger charge is -2.15. The molecule has 0 saturated carbocycles. The molecule has 0 heterocycles. The Balaban J connectivity index is 4.39. The molecule has 6 nitrogen and oxygen atoms in total. The highest BCUT2D eigenvalue weighted by Crippen LogP contribution is 2.02. The van der Waals surface area contributed by atoms with Gasteiger partial charge in [0.05, 0.1) is 12.7 Å². The van der Waals surface area contributed by atoms with Crippen molar-refractivity contribution in [3.63, 3.8) is 0 Å². The van der Waals surface area contributed by atoms with Gasteiger partial charge in [0.15, 0.2) is 0 Å². The monoisotopic (exact) mass is 206 g/mol. The summed E-state index contributed by atoms with van der Waals surface area (Å²) in [5, 5.41) is 35.3. The van der Waals surface area contributed by atoms with E-state index >= 15 is 0 Å². The quantitative estimate of drug-likeness (QED) is 0.360. The number of carbonyl (C=O) groups is 2. The van der Waals surface area contributed by atoms with Gasteiger partial charge in [0, 0.05) is 0 Å². The van der Waals surface area contributed by atoms with Crippen LogP contribution in [-0.4, -0.2) is 56.9 Å². The van der Waals surface area contributed by atoms with E-state index in [0.717, 1.165) is 0 Å². The third-order valence-electron chi connectivity index (χ3n) is 1.77. The summed E-state index contributed by atoms with van der Waals surface area (Å²) in [6.45, 7) is 0.633. The largest absolute Gasteiger partial charge is 0.393 e. The van der Waals surface area contributed by atoms with Gasteiger partial charge in [0.1, 0.15) is 12.2 Å². The highest BCUT2D eigenvalue weighted by molar-refractivity contribution is 6.40. The summed E-state index contributed by atoms with van der Waals surface area (Å²) in [4.78, 5) is 21.9. The van der Waals surface area contributed by atoms with Gasteiger partial charge in [-0.15, -0.1) is 0 Å². The van der Waals surface area contributed by atoms with Crippen molar-refractivity contribution >= 4 is 11.6 Å². The van der Waals surface area contributed by atoms with Gasteiger partial charge >= 0.3 is 0 Å². The second kappa shape index (κ2) is 5.82. The van der Waals surface area contributed by atoms with Gasteiger partial charge in [0.25, 0.3) is 0 Å². The van der Waals surface area contributed by atoms with Gasteiger partial charge in [0.2, 0.25) is 11.6 Å². The average Bonchev–Trinajstić information content (AvgIpc) is 2.23. The lowest BCUT2D eigenvalue weighted by molar-refractivity contribution is -0.150. The van der Waals surface area contributed by atoms with Gasteiger partial charge in [-0.2, -0.15) is 0 Å². The molecule has 1 unspecified atom stereocenters. The Labute approximate surface area is 80.8 Å². The fourth-order valence-electron chi connectivity index (χ4n) is 0.791. The van der Waals surface area contributed by atoms with E-state index in [1.54, 1.807) is 0 Å². The van der Waals surface area contributed by atoms with Crippen molar-refractivity contribution in [1.29, 1.82) is 0 Å². The van der Waals surface area contributed by atoms with Crippen LogP contribution in [0.15, 0.2) is 0 Å². The Morgan fingerprint density at radius 1 is 1.14 bits per heavy atom. The van der Waals surface area contributed by atoms with Crippen LogP contribution in [0.3, 0.4) is 0 Å². The van der Waals surface area contributed by atoms with Crippen LogP contribution < -0.4 is 0 Å². The number of hydrogen-bond donors (Lipinski definition) is 4. The molecule has 0 fully saturated rings. The molecule has 0 spiro atoms. The van der Waals surface area contributed by atoms with E-state index < -0.39 is 36.5 Å². The number of hydrogen-bond acceptors (Lipinski definition) is 6. The van der Waals surface area contributed by atoms with E-state index in [2.05, 4.69) is 0 Å². The third-order valence-corrected chi connectivity index (χ3v) is 1.77. The van der Waals surface area contributed by atoms with Crippen molar-refractivity contribution < 1.29 is 30.0 Å². The lowest BCUT2D eigenvalue weighted by Crippen LogP contribution is -2.43. The average molecular weight is 206 g/mol. The Kier molecular flexibility index (Phi) is 5.47. The van der Waals surface area contributed by atoms with Crippen LogP contribution in [0.2, 0.25) is 0 Å². The second-order valence-corrected chi connectivity index (χ2v) is 2.85. The normalized spacial score (nSPS) is 17.2. The van der Waals surface area contributed by atoms with E-state index in [0.29, 0.717) is 0 Å². The summed E-state index contributed by atoms with van der Waals surface area (Å²) in [6, 6.07) is 0. The maximum Gasteiger partial charge on any atom is 0.232 e. The molecule has 14 heavy (non-hydrogen) atoms. The van der Waals surface area contributed by atoms with Gasteiger partial charge < -0.3 is 20.4 Å². The topological polar surface area (TPSA) is 115 Å². The zero-order valence-corrected chi connectivity index (χ0v) is 7.75. The first kappa shape index (κ1) is 13.2. The van der Waals surface area contributed by atoms with Gasteiger partial charge in [-0.25, -0.2) is 0 Å². The minimum Gasteiger partial charge on any atom is -0.393 e. The summed E-state index contributed by atoms with van der Waals surface area (Å²) in [5.74, 6) is -2.59. The highest BCUT2D eigenvalue weighted by Gasteiger charge is 2.31. The van der Waals surface area contributed by atoms with E-state index in [1.165, 1.54) is 6.92 Å². The summed E-state index contributed by atoms with van der Waals surface area (Å²) in [6.07, 6.45) is -4.90.